The lowest BCUT2D eigenvalue weighted by atomic mass is 10.4. The molecule has 0 saturated carbocycles. The number of alkyl carbamates (subject to hydrolysis) is 2. The van der Waals surface area contributed by atoms with Gasteiger partial charge in [0.15, 0.2) is 0 Å². The third-order valence-electron chi connectivity index (χ3n) is 5.27. The fourth-order valence-electron chi connectivity index (χ4n) is 2.50. The van der Waals surface area contributed by atoms with Crippen molar-refractivity contribution in [1.82, 2.24) is 10.6 Å². The molecule has 0 aromatic heterocycles. The minimum absolute atomic E-state index is 0.0223. The summed E-state index contributed by atoms with van der Waals surface area (Å²) in [4.78, 5) is 45.5. The van der Waals surface area contributed by atoms with E-state index < -0.39 is 34.2 Å². The molecular formula is C25H44N2O9S. The average molecular weight is 549 g/mol. The van der Waals surface area contributed by atoms with E-state index in [-0.39, 0.29) is 42.5 Å². The Morgan fingerprint density at radius 3 is 1.54 bits per heavy atom. The first-order valence-corrected chi connectivity index (χ1v) is 14.6. The Balaban J connectivity index is 4.02. The number of carbonyl (C=O) groups is 4. The van der Waals surface area contributed by atoms with Crippen molar-refractivity contribution in [1.29, 1.82) is 0 Å². The fourth-order valence-corrected chi connectivity index (χ4v) is 4.26. The molecule has 0 aromatic carbocycles. The van der Waals surface area contributed by atoms with Crippen LogP contribution >= 0.6 is 10.0 Å². The van der Waals surface area contributed by atoms with E-state index >= 15 is 0 Å². The maximum Gasteiger partial charge on any atom is 0.407 e. The van der Waals surface area contributed by atoms with E-state index in [1.54, 1.807) is 6.92 Å². The van der Waals surface area contributed by atoms with Crippen LogP contribution in [0.5, 0.6) is 0 Å². The van der Waals surface area contributed by atoms with Gasteiger partial charge < -0.3 is 34.3 Å². The van der Waals surface area contributed by atoms with Crippen LogP contribution in [0.3, 0.4) is 0 Å². The van der Waals surface area contributed by atoms with Crippen LogP contribution < -0.4 is 10.6 Å². The third-order valence-corrected chi connectivity index (χ3v) is 9.36. The minimum Gasteiger partial charge on any atom is -0.459 e. The van der Waals surface area contributed by atoms with Crippen LogP contribution in [-0.2, 0) is 33.3 Å². The Hall–Kier alpha value is -2.73. The molecule has 0 spiro atoms. The Bertz CT molecular complexity index is 797. The molecule has 2 amide bonds. The highest BCUT2D eigenvalue weighted by Crippen LogP contribution is 2.53. The molecule has 2 N–H and O–H groups in total. The second-order valence-electron chi connectivity index (χ2n) is 9.16. The molecule has 0 radical (unpaired) electrons. The number of rotatable bonds is 18. The van der Waals surface area contributed by atoms with Crippen molar-refractivity contribution in [2.75, 3.05) is 64.4 Å². The van der Waals surface area contributed by atoms with Gasteiger partial charge in [-0.05, 0) is 58.8 Å². The highest BCUT2D eigenvalue weighted by Gasteiger charge is 2.32. The van der Waals surface area contributed by atoms with E-state index in [1.165, 1.54) is 6.92 Å². The van der Waals surface area contributed by atoms with Gasteiger partial charge in [0.25, 0.3) is 0 Å². The largest absolute Gasteiger partial charge is 0.459 e. The zero-order chi connectivity index (χ0) is 28.5. The van der Waals surface area contributed by atoms with Crippen LogP contribution in [0, 0.1) is 0 Å². The van der Waals surface area contributed by atoms with E-state index in [4.69, 9.17) is 23.7 Å². The SMILES string of the molecule is C=C(C)C(=O)OCCOC(=O)NCCCOC(C)(C)S(C)(C)CCCNC(=O)OCCOC(=O)C(=C)C. The molecule has 0 heterocycles. The zero-order valence-electron chi connectivity index (χ0n) is 23.1. The number of esters is 2. The molecule has 0 saturated heterocycles. The lowest BCUT2D eigenvalue weighted by Crippen LogP contribution is -2.35. The normalized spacial score (nSPS) is 11.6. The van der Waals surface area contributed by atoms with Crippen LogP contribution in [0.2, 0.25) is 0 Å². The summed E-state index contributed by atoms with van der Waals surface area (Å²) in [5.74, 6) is -0.172. The molecule has 0 atom stereocenters. The summed E-state index contributed by atoms with van der Waals surface area (Å²) in [6.07, 6.45) is 4.57. The lowest BCUT2D eigenvalue weighted by Gasteiger charge is -2.46. The van der Waals surface area contributed by atoms with Gasteiger partial charge in [0.05, 0.1) is 11.5 Å². The van der Waals surface area contributed by atoms with E-state index in [0.29, 0.717) is 26.1 Å². The van der Waals surface area contributed by atoms with E-state index in [1.807, 2.05) is 13.8 Å². The topological polar surface area (TPSA) is 138 Å². The molecule has 0 aliphatic rings. The number of nitrogens with one attached hydrogen (secondary N) is 2. The van der Waals surface area contributed by atoms with Crippen molar-refractivity contribution in [2.45, 2.75) is 45.5 Å². The fraction of sp³-hybridized carbons (Fsp3) is 0.680. The predicted octanol–water partition coefficient (Wildman–Crippen LogP) is 3.27. The summed E-state index contributed by atoms with van der Waals surface area (Å²) in [6.45, 7) is 15.3. The van der Waals surface area contributed by atoms with Gasteiger partial charge in [-0.15, -0.1) is 0 Å². The molecule has 0 aliphatic heterocycles. The number of hydrogen-bond donors (Lipinski definition) is 2. The summed E-state index contributed by atoms with van der Waals surface area (Å²) in [7, 11) is -1.17. The minimum atomic E-state index is -1.17. The van der Waals surface area contributed by atoms with Crippen LogP contribution in [-0.4, -0.2) is 93.4 Å². The van der Waals surface area contributed by atoms with Gasteiger partial charge in [-0.25, -0.2) is 29.2 Å². The van der Waals surface area contributed by atoms with Crippen LogP contribution in [0.25, 0.3) is 0 Å². The molecule has 0 aromatic rings. The lowest BCUT2D eigenvalue weighted by molar-refractivity contribution is -0.140. The smallest absolute Gasteiger partial charge is 0.407 e. The zero-order valence-corrected chi connectivity index (χ0v) is 23.9. The predicted molar refractivity (Wildman–Crippen MR) is 144 cm³/mol. The van der Waals surface area contributed by atoms with Gasteiger partial charge >= 0.3 is 24.1 Å². The quantitative estimate of drug-likeness (QED) is 0.114. The van der Waals surface area contributed by atoms with E-state index in [0.717, 1.165) is 12.2 Å². The van der Waals surface area contributed by atoms with Crippen molar-refractivity contribution in [3.8, 4) is 0 Å². The molecule has 0 unspecified atom stereocenters. The van der Waals surface area contributed by atoms with Crippen LogP contribution in [0.1, 0.15) is 40.5 Å². The van der Waals surface area contributed by atoms with Crippen molar-refractivity contribution >= 4 is 34.2 Å². The van der Waals surface area contributed by atoms with Crippen molar-refractivity contribution in [3.63, 3.8) is 0 Å². The number of hydrogen-bond acceptors (Lipinski definition) is 9. The molecule has 0 fully saturated rings. The first kappa shape index (κ1) is 34.3. The second-order valence-corrected chi connectivity index (χ2v) is 13.6. The van der Waals surface area contributed by atoms with Crippen molar-refractivity contribution in [3.05, 3.63) is 24.3 Å². The number of carbonyl (C=O) groups excluding carboxylic acids is 4. The van der Waals surface area contributed by atoms with Gasteiger partial charge in [0, 0.05) is 24.2 Å². The number of amides is 2. The first-order chi connectivity index (χ1) is 17.2. The first-order valence-electron chi connectivity index (χ1n) is 12.0. The Morgan fingerprint density at radius 1 is 0.703 bits per heavy atom. The summed E-state index contributed by atoms with van der Waals surface area (Å²) in [5, 5.41) is 5.32. The van der Waals surface area contributed by atoms with Gasteiger partial charge in [0.1, 0.15) is 26.4 Å². The summed E-state index contributed by atoms with van der Waals surface area (Å²) in [5.41, 5.74) is 0.571. The molecule has 0 aliphatic carbocycles. The highest BCUT2D eigenvalue weighted by molar-refractivity contribution is 8.33. The van der Waals surface area contributed by atoms with Crippen molar-refractivity contribution < 1.29 is 42.9 Å². The molecule has 37 heavy (non-hydrogen) atoms. The maximum atomic E-state index is 11.7. The Kier molecular flexibility index (Phi) is 16.4. The third kappa shape index (κ3) is 15.9. The average Bonchev–Trinajstić information content (AvgIpc) is 2.81. The molecule has 11 nitrogen and oxygen atoms in total. The van der Waals surface area contributed by atoms with Gasteiger partial charge in [0.2, 0.25) is 0 Å². The molecule has 12 heteroatoms. The van der Waals surface area contributed by atoms with Crippen molar-refractivity contribution in [2.24, 2.45) is 0 Å². The highest BCUT2D eigenvalue weighted by atomic mass is 32.3. The van der Waals surface area contributed by atoms with Gasteiger partial charge in [-0.1, -0.05) is 13.2 Å². The van der Waals surface area contributed by atoms with Crippen LogP contribution in [0.15, 0.2) is 24.3 Å². The molecular weight excluding hydrogens is 504 g/mol. The van der Waals surface area contributed by atoms with E-state index in [2.05, 4.69) is 36.3 Å². The van der Waals surface area contributed by atoms with Crippen LogP contribution in [0.4, 0.5) is 9.59 Å². The Labute approximate surface area is 221 Å². The summed E-state index contributed by atoms with van der Waals surface area (Å²) < 4.78 is 25.7. The van der Waals surface area contributed by atoms with Gasteiger partial charge in [-0.2, -0.15) is 0 Å². The second kappa shape index (κ2) is 17.7. The Morgan fingerprint density at radius 2 is 1.11 bits per heavy atom. The summed E-state index contributed by atoms with van der Waals surface area (Å²) in [6, 6.07) is 0. The maximum absolute atomic E-state index is 11.7. The van der Waals surface area contributed by atoms with E-state index in [9.17, 15) is 19.2 Å². The standard InChI is InChI=1S/C25H44N2O9S/c1-19(2)21(28)32-14-16-34-23(30)26-11-9-13-36-25(5,6)37(7,8)18-10-12-27-24(31)35-17-15-33-22(29)20(3)4/h1,3,9-18H2,2,4-8H3,(H,26,30)(H,27,31). The molecule has 214 valence electrons. The molecule has 0 rings (SSSR count). The summed E-state index contributed by atoms with van der Waals surface area (Å²) >= 11 is 0. The number of ether oxygens (including phenoxy) is 5. The monoisotopic (exact) mass is 548 g/mol. The van der Waals surface area contributed by atoms with Gasteiger partial charge in [-0.3, -0.25) is 0 Å². The molecule has 0 bridgehead atoms.